The van der Waals surface area contributed by atoms with Gasteiger partial charge in [0.05, 0.1) is 5.92 Å². The van der Waals surface area contributed by atoms with Gasteiger partial charge in [0.25, 0.3) is 0 Å². The predicted octanol–water partition coefficient (Wildman–Crippen LogP) is 0.675. The highest BCUT2D eigenvalue weighted by Gasteiger charge is 2.25. The summed E-state index contributed by atoms with van der Waals surface area (Å²) in [5.74, 6) is -0.678. The molecule has 1 saturated heterocycles. The Morgan fingerprint density at radius 1 is 1.37 bits per heavy atom. The van der Waals surface area contributed by atoms with Crippen molar-refractivity contribution in [2.75, 3.05) is 33.2 Å². The van der Waals surface area contributed by atoms with E-state index in [-0.39, 0.29) is 17.6 Å². The van der Waals surface area contributed by atoms with Gasteiger partial charge in [-0.1, -0.05) is 18.2 Å². The minimum atomic E-state index is -0.285. The van der Waals surface area contributed by atoms with Gasteiger partial charge in [-0.15, -0.1) is 0 Å². The fourth-order valence-electron chi connectivity index (χ4n) is 2.43. The van der Waals surface area contributed by atoms with Crippen LogP contribution in [0.3, 0.4) is 0 Å². The van der Waals surface area contributed by atoms with Crippen molar-refractivity contribution in [3.8, 4) is 0 Å². The fraction of sp³-hybridized carbons (Fsp3) is 0.500. The molecule has 0 spiro atoms. The third-order valence-electron chi connectivity index (χ3n) is 3.56. The second-order valence-corrected chi connectivity index (χ2v) is 5.19. The number of likely N-dealkylation sites (N-methyl/N-ethyl adjacent to an activating group) is 1. The molecule has 5 heteroatoms. The maximum atomic E-state index is 13.6. The number of halogens is 1. The van der Waals surface area contributed by atoms with Gasteiger partial charge in [0, 0.05) is 38.3 Å². The summed E-state index contributed by atoms with van der Waals surface area (Å²) in [6, 6.07) is 6.75. The molecule has 1 fully saturated rings. The first-order valence-electron chi connectivity index (χ1n) is 6.50. The first-order valence-corrected chi connectivity index (χ1v) is 6.50. The zero-order valence-corrected chi connectivity index (χ0v) is 11.2. The van der Waals surface area contributed by atoms with Crippen LogP contribution in [-0.4, -0.2) is 48.9 Å². The molecule has 1 aromatic carbocycles. The molecule has 2 rings (SSSR count). The van der Waals surface area contributed by atoms with Crippen molar-refractivity contribution < 1.29 is 9.18 Å². The van der Waals surface area contributed by atoms with Crippen molar-refractivity contribution in [2.45, 2.75) is 6.54 Å². The van der Waals surface area contributed by atoms with E-state index >= 15 is 0 Å². The summed E-state index contributed by atoms with van der Waals surface area (Å²) in [5, 5.41) is 0. The smallest absolute Gasteiger partial charge is 0.223 e. The van der Waals surface area contributed by atoms with E-state index in [1.807, 2.05) is 13.1 Å². The van der Waals surface area contributed by atoms with Gasteiger partial charge in [0.2, 0.25) is 5.91 Å². The number of carbonyl (C=O) groups excluding carboxylic acids is 1. The van der Waals surface area contributed by atoms with Gasteiger partial charge >= 0.3 is 0 Å². The number of hydrogen-bond donors (Lipinski definition) is 1. The highest BCUT2D eigenvalue weighted by molar-refractivity contribution is 5.77. The van der Waals surface area contributed by atoms with Crippen LogP contribution in [0.15, 0.2) is 24.3 Å². The minimum Gasteiger partial charge on any atom is -0.369 e. The molecule has 1 amide bonds. The SMILES string of the molecule is CN1CCN(Cc2ccccc2F)CC(C(N)=O)C1. The lowest BCUT2D eigenvalue weighted by atomic mass is 10.1. The molecule has 1 unspecified atom stereocenters. The van der Waals surface area contributed by atoms with Crippen LogP contribution in [0.5, 0.6) is 0 Å². The van der Waals surface area contributed by atoms with E-state index in [4.69, 9.17) is 5.73 Å². The van der Waals surface area contributed by atoms with E-state index < -0.39 is 0 Å². The molecule has 19 heavy (non-hydrogen) atoms. The molecule has 1 atom stereocenters. The van der Waals surface area contributed by atoms with Crippen molar-refractivity contribution in [2.24, 2.45) is 11.7 Å². The van der Waals surface area contributed by atoms with Crippen LogP contribution >= 0.6 is 0 Å². The summed E-state index contributed by atoms with van der Waals surface area (Å²) in [6.07, 6.45) is 0. The fourth-order valence-corrected chi connectivity index (χ4v) is 2.43. The van der Waals surface area contributed by atoms with Gasteiger partial charge in [-0.25, -0.2) is 4.39 Å². The predicted molar refractivity (Wildman–Crippen MR) is 71.9 cm³/mol. The largest absolute Gasteiger partial charge is 0.369 e. The summed E-state index contributed by atoms with van der Waals surface area (Å²) < 4.78 is 13.6. The van der Waals surface area contributed by atoms with Crippen LogP contribution in [0.1, 0.15) is 5.56 Å². The average Bonchev–Trinajstić information content (AvgIpc) is 2.55. The Bertz CT molecular complexity index is 452. The lowest BCUT2D eigenvalue weighted by Gasteiger charge is -2.22. The van der Waals surface area contributed by atoms with Gasteiger partial charge < -0.3 is 10.6 Å². The summed E-state index contributed by atoms with van der Waals surface area (Å²) in [5.41, 5.74) is 6.08. The molecule has 0 aromatic heterocycles. The van der Waals surface area contributed by atoms with Crippen molar-refractivity contribution in [3.63, 3.8) is 0 Å². The molecule has 1 aromatic rings. The van der Waals surface area contributed by atoms with Crippen molar-refractivity contribution in [1.82, 2.24) is 9.80 Å². The van der Waals surface area contributed by atoms with Crippen molar-refractivity contribution >= 4 is 5.91 Å². The highest BCUT2D eigenvalue weighted by atomic mass is 19.1. The first kappa shape index (κ1) is 14.0. The Kier molecular flexibility index (Phi) is 4.50. The number of primary amides is 1. The van der Waals surface area contributed by atoms with Crippen LogP contribution in [0, 0.1) is 11.7 Å². The standard InChI is InChI=1S/C14H20FN3O/c1-17-6-7-18(10-12(8-17)14(16)19)9-11-4-2-3-5-13(11)15/h2-5,12H,6-10H2,1H3,(H2,16,19). The van der Waals surface area contributed by atoms with E-state index in [9.17, 15) is 9.18 Å². The number of amides is 1. The van der Waals surface area contributed by atoms with Crippen LogP contribution < -0.4 is 5.73 Å². The van der Waals surface area contributed by atoms with Crippen LogP contribution in [0.4, 0.5) is 4.39 Å². The Morgan fingerprint density at radius 2 is 2.11 bits per heavy atom. The number of nitrogens with two attached hydrogens (primary N) is 1. The maximum absolute atomic E-state index is 13.6. The molecule has 0 bridgehead atoms. The van der Waals surface area contributed by atoms with Gasteiger partial charge in [-0.05, 0) is 13.1 Å². The van der Waals surface area contributed by atoms with E-state index in [1.165, 1.54) is 6.07 Å². The van der Waals surface area contributed by atoms with Crippen molar-refractivity contribution in [1.29, 1.82) is 0 Å². The topological polar surface area (TPSA) is 49.6 Å². The third-order valence-corrected chi connectivity index (χ3v) is 3.56. The van der Waals surface area contributed by atoms with Crippen molar-refractivity contribution in [3.05, 3.63) is 35.6 Å². The van der Waals surface area contributed by atoms with E-state index in [1.54, 1.807) is 12.1 Å². The Labute approximate surface area is 113 Å². The highest BCUT2D eigenvalue weighted by Crippen LogP contribution is 2.14. The van der Waals surface area contributed by atoms with Crippen LogP contribution in [0.25, 0.3) is 0 Å². The quantitative estimate of drug-likeness (QED) is 0.874. The lowest BCUT2D eigenvalue weighted by molar-refractivity contribution is -0.122. The lowest BCUT2D eigenvalue weighted by Crippen LogP contribution is -2.37. The second kappa shape index (κ2) is 6.12. The van der Waals surface area contributed by atoms with Crippen LogP contribution in [-0.2, 0) is 11.3 Å². The third kappa shape index (κ3) is 3.75. The maximum Gasteiger partial charge on any atom is 0.223 e. The van der Waals surface area contributed by atoms with Crippen LogP contribution in [0.2, 0.25) is 0 Å². The molecule has 1 heterocycles. The Hall–Kier alpha value is -1.46. The molecular weight excluding hydrogens is 245 g/mol. The molecule has 104 valence electrons. The van der Waals surface area contributed by atoms with E-state index in [0.717, 1.165) is 13.1 Å². The first-order chi connectivity index (χ1) is 9.06. The number of carbonyl (C=O) groups is 1. The Balaban J connectivity index is 2.07. The molecule has 0 saturated carbocycles. The average molecular weight is 265 g/mol. The normalized spacial score (nSPS) is 22.1. The second-order valence-electron chi connectivity index (χ2n) is 5.19. The molecular formula is C14H20FN3O. The van der Waals surface area contributed by atoms with E-state index in [0.29, 0.717) is 25.2 Å². The summed E-state index contributed by atoms with van der Waals surface area (Å²) >= 11 is 0. The number of rotatable bonds is 3. The van der Waals surface area contributed by atoms with E-state index in [2.05, 4.69) is 9.80 Å². The number of benzene rings is 1. The summed E-state index contributed by atoms with van der Waals surface area (Å²) in [7, 11) is 1.97. The number of nitrogens with zero attached hydrogens (tertiary/aromatic N) is 2. The zero-order valence-electron chi connectivity index (χ0n) is 11.2. The van der Waals surface area contributed by atoms with Gasteiger partial charge in [0.15, 0.2) is 0 Å². The molecule has 2 N–H and O–H groups in total. The molecule has 1 aliphatic rings. The summed E-state index contributed by atoms with van der Waals surface area (Å²) in [6.45, 7) is 3.45. The molecule has 0 aliphatic carbocycles. The number of hydrogen-bond acceptors (Lipinski definition) is 3. The van der Waals surface area contributed by atoms with Gasteiger partial charge in [-0.2, -0.15) is 0 Å². The van der Waals surface area contributed by atoms with Gasteiger partial charge in [0.1, 0.15) is 5.82 Å². The zero-order chi connectivity index (χ0) is 13.8. The monoisotopic (exact) mass is 265 g/mol. The minimum absolute atomic E-state index is 0.195. The molecule has 0 radical (unpaired) electrons. The van der Waals surface area contributed by atoms with Gasteiger partial charge in [-0.3, -0.25) is 9.69 Å². The summed E-state index contributed by atoms with van der Waals surface area (Å²) in [4.78, 5) is 15.6. The molecule has 4 nitrogen and oxygen atoms in total. The Morgan fingerprint density at radius 3 is 2.79 bits per heavy atom. The molecule has 1 aliphatic heterocycles.